The number of pyridine rings is 2. The Morgan fingerprint density at radius 2 is 1.74 bits per heavy atom. The maximum Gasteiger partial charge on any atom is 0.292 e. The second-order valence-corrected chi connectivity index (χ2v) is 10.9. The first kappa shape index (κ1) is 33.4. The minimum Gasteiger partial charge on any atom is -0.412 e. The number of amides is 1. The van der Waals surface area contributed by atoms with E-state index in [0.717, 1.165) is 24.0 Å². The average Bonchev–Trinajstić information content (AvgIpc) is 2.94. The van der Waals surface area contributed by atoms with E-state index < -0.39 is 11.5 Å². The van der Waals surface area contributed by atoms with Gasteiger partial charge in [0.25, 0.3) is 11.5 Å². The Morgan fingerprint density at radius 1 is 1.05 bits per heavy atom. The minimum atomic E-state index is -0.531. The molecule has 14 heteroatoms. The number of hydrogen-bond acceptors (Lipinski definition) is 10. The van der Waals surface area contributed by atoms with E-state index in [1.165, 1.54) is 19.2 Å². The van der Waals surface area contributed by atoms with Crippen LogP contribution in [0.2, 0.25) is 10.2 Å². The summed E-state index contributed by atoms with van der Waals surface area (Å²) in [6.45, 7) is 6.72. The third kappa shape index (κ3) is 9.19. The van der Waals surface area contributed by atoms with Crippen LogP contribution in [0.25, 0.3) is 11.1 Å². The van der Waals surface area contributed by atoms with Gasteiger partial charge in [-0.15, -0.1) is 4.73 Å². The summed E-state index contributed by atoms with van der Waals surface area (Å²) in [5.41, 5.74) is 1.00. The Balaban J connectivity index is 1.91. The van der Waals surface area contributed by atoms with Crippen LogP contribution in [0.4, 0.5) is 17.3 Å². The van der Waals surface area contributed by atoms with Crippen molar-refractivity contribution in [2.75, 3.05) is 77.4 Å². The van der Waals surface area contributed by atoms with Gasteiger partial charge in [-0.3, -0.25) is 9.59 Å². The Labute approximate surface area is 261 Å². The zero-order valence-electron chi connectivity index (χ0n) is 24.8. The number of halogens is 2. The van der Waals surface area contributed by atoms with E-state index in [4.69, 9.17) is 33.4 Å². The summed E-state index contributed by atoms with van der Waals surface area (Å²) in [7, 11) is 9.16. The SMILES string of the molecule is C=C(NCCN(C)C)Nc1c(C=N)cc(-c2cc(NC(=O)c3cc(Cl)nc(NCCN(C)C)c3)ccc2Cl)c(=O)n1OC. The van der Waals surface area contributed by atoms with Gasteiger partial charge in [0.2, 0.25) is 0 Å². The number of likely N-dealkylation sites (N-methyl/N-ethyl adjacent to an activating group) is 2. The first-order chi connectivity index (χ1) is 20.4. The molecule has 0 unspecified atom stereocenters. The molecule has 0 aliphatic carbocycles. The van der Waals surface area contributed by atoms with Crippen LogP contribution in [0.3, 0.4) is 0 Å². The van der Waals surface area contributed by atoms with E-state index in [2.05, 4.69) is 32.8 Å². The first-order valence-electron chi connectivity index (χ1n) is 13.3. The highest BCUT2D eigenvalue weighted by molar-refractivity contribution is 6.33. The number of nitrogens with one attached hydrogen (secondary N) is 5. The number of aromatic nitrogens is 2. The van der Waals surface area contributed by atoms with Gasteiger partial charge in [-0.25, -0.2) is 4.98 Å². The second kappa shape index (κ2) is 15.4. The van der Waals surface area contributed by atoms with Gasteiger partial charge in [0, 0.05) is 59.8 Å². The molecule has 2 aromatic heterocycles. The fourth-order valence-corrected chi connectivity index (χ4v) is 4.40. The summed E-state index contributed by atoms with van der Waals surface area (Å²) in [6, 6.07) is 9.38. The van der Waals surface area contributed by atoms with Crippen LogP contribution in [-0.4, -0.2) is 93.1 Å². The lowest BCUT2D eigenvalue weighted by atomic mass is 10.0. The minimum absolute atomic E-state index is 0.164. The van der Waals surface area contributed by atoms with Crippen LogP contribution in [0.5, 0.6) is 0 Å². The van der Waals surface area contributed by atoms with Crippen LogP contribution in [0.15, 0.2) is 53.6 Å². The maximum atomic E-state index is 13.6. The fourth-order valence-electron chi connectivity index (χ4n) is 3.97. The van der Waals surface area contributed by atoms with Gasteiger partial charge in [0.1, 0.15) is 18.1 Å². The highest BCUT2D eigenvalue weighted by Gasteiger charge is 2.19. The highest BCUT2D eigenvalue weighted by Crippen LogP contribution is 2.31. The summed E-state index contributed by atoms with van der Waals surface area (Å²) >= 11 is 12.7. The molecule has 1 aromatic carbocycles. The third-order valence-corrected chi connectivity index (χ3v) is 6.66. The lowest BCUT2D eigenvalue weighted by Crippen LogP contribution is -2.33. The van der Waals surface area contributed by atoms with Crippen molar-refractivity contribution in [3.05, 3.63) is 80.5 Å². The van der Waals surface area contributed by atoms with Crippen LogP contribution < -0.4 is 31.7 Å². The average molecular weight is 631 g/mol. The number of nitrogens with zero attached hydrogens (tertiary/aromatic N) is 4. The van der Waals surface area contributed by atoms with Crippen LogP contribution in [-0.2, 0) is 0 Å². The van der Waals surface area contributed by atoms with Gasteiger partial charge in [-0.1, -0.05) is 29.8 Å². The zero-order chi connectivity index (χ0) is 31.7. The van der Waals surface area contributed by atoms with Crippen molar-refractivity contribution in [2.24, 2.45) is 0 Å². The van der Waals surface area contributed by atoms with Gasteiger partial charge >= 0.3 is 0 Å². The van der Waals surface area contributed by atoms with Crippen LogP contribution >= 0.6 is 23.2 Å². The highest BCUT2D eigenvalue weighted by atomic mass is 35.5. The normalized spacial score (nSPS) is 10.9. The monoisotopic (exact) mass is 629 g/mol. The molecule has 0 bridgehead atoms. The molecule has 43 heavy (non-hydrogen) atoms. The number of hydrogen-bond donors (Lipinski definition) is 5. The van der Waals surface area contributed by atoms with Crippen molar-refractivity contribution in [3.63, 3.8) is 0 Å². The molecular weight excluding hydrogens is 593 g/mol. The summed E-state index contributed by atoms with van der Waals surface area (Å²) in [5, 5.41) is 20.6. The summed E-state index contributed by atoms with van der Waals surface area (Å²) in [5.74, 6) is 0.694. The van der Waals surface area contributed by atoms with E-state index in [-0.39, 0.29) is 21.6 Å². The Morgan fingerprint density at radius 3 is 2.40 bits per heavy atom. The molecule has 0 aliphatic rings. The number of carbonyl (C=O) groups is 1. The lowest BCUT2D eigenvalue weighted by Gasteiger charge is -2.20. The third-order valence-electron chi connectivity index (χ3n) is 6.13. The molecule has 0 spiro atoms. The lowest BCUT2D eigenvalue weighted by molar-refractivity contribution is 0.102. The summed E-state index contributed by atoms with van der Waals surface area (Å²) < 4.78 is 1.03. The van der Waals surface area contributed by atoms with Gasteiger partial charge in [0.15, 0.2) is 5.82 Å². The van der Waals surface area contributed by atoms with Crippen LogP contribution in [0.1, 0.15) is 15.9 Å². The summed E-state index contributed by atoms with van der Waals surface area (Å²) in [6.07, 6.45) is 1.09. The van der Waals surface area contributed by atoms with Gasteiger partial charge in [-0.2, -0.15) is 0 Å². The van der Waals surface area contributed by atoms with E-state index in [9.17, 15) is 9.59 Å². The number of benzene rings is 1. The van der Waals surface area contributed by atoms with Crippen molar-refractivity contribution in [1.82, 2.24) is 24.8 Å². The van der Waals surface area contributed by atoms with Crippen molar-refractivity contribution < 1.29 is 9.63 Å². The second-order valence-electron chi connectivity index (χ2n) is 10.1. The topological polar surface area (TPSA) is 140 Å². The maximum absolute atomic E-state index is 13.6. The van der Waals surface area contributed by atoms with Crippen molar-refractivity contribution >= 4 is 52.6 Å². The molecule has 0 saturated carbocycles. The van der Waals surface area contributed by atoms with Gasteiger partial charge < -0.3 is 41.3 Å². The van der Waals surface area contributed by atoms with E-state index in [1.54, 1.807) is 24.3 Å². The zero-order valence-corrected chi connectivity index (χ0v) is 26.4. The number of carbonyl (C=O) groups excluding carboxylic acids is 1. The standard InChI is InChI=1S/C29H37Cl2N9O3/c1-18(33-9-11-38(2)3)35-27-20(17-32)13-23(29(42)40(27)43-6)22-16-21(7-8-24(22)30)36-28(41)19-14-25(31)37-26(15-19)34-10-12-39(4)5/h7-8,13-17,32-33,35H,1,9-12H2,2-6H3,(H,34,37)(H,36,41). The number of rotatable bonds is 15. The van der Waals surface area contributed by atoms with Crippen molar-refractivity contribution in [1.29, 1.82) is 5.41 Å². The molecule has 2 heterocycles. The molecule has 0 atom stereocenters. The van der Waals surface area contributed by atoms with E-state index in [0.29, 0.717) is 47.1 Å². The van der Waals surface area contributed by atoms with Crippen molar-refractivity contribution in [2.45, 2.75) is 0 Å². The molecule has 0 saturated heterocycles. The molecule has 3 rings (SSSR count). The molecule has 1 amide bonds. The van der Waals surface area contributed by atoms with Crippen LogP contribution in [0, 0.1) is 5.41 Å². The molecule has 0 radical (unpaired) electrons. The molecule has 12 nitrogen and oxygen atoms in total. The van der Waals surface area contributed by atoms with Crippen molar-refractivity contribution in [3.8, 4) is 11.1 Å². The molecular formula is C29H37Cl2N9O3. The molecule has 5 N–H and O–H groups in total. The van der Waals surface area contributed by atoms with Gasteiger partial charge in [0.05, 0.1) is 11.4 Å². The Kier molecular flexibility index (Phi) is 12.0. The quantitative estimate of drug-likeness (QED) is 0.126. The van der Waals surface area contributed by atoms with Gasteiger partial charge in [-0.05, 0) is 64.6 Å². The largest absolute Gasteiger partial charge is 0.412 e. The molecule has 3 aromatic rings. The predicted molar refractivity (Wildman–Crippen MR) is 175 cm³/mol. The smallest absolute Gasteiger partial charge is 0.292 e. The molecule has 0 aliphatic heterocycles. The Hall–Kier alpha value is -4.10. The molecule has 230 valence electrons. The van der Waals surface area contributed by atoms with E-state index in [1.807, 2.05) is 38.0 Å². The fraction of sp³-hybridized carbons (Fsp3) is 0.310. The summed E-state index contributed by atoms with van der Waals surface area (Å²) in [4.78, 5) is 40.4. The van der Waals surface area contributed by atoms with E-state index >= 15 is 0 Å². The molecule has 0 fully saturated rings. The number of anilines is 3. The Bertz CT molecular complexity index is 1540. The first-order valence-corrected chi connectivity index (χ1v) is 14.1. The predicted octanol–water partition coefficient (Wildman–Crippen LogP) is 3.53.